The summed E-state index contributed by atoms with van der Waals surface area (Å²) in [4.78, 5) is 62.1. The molecule has 2 aromatic carbocycles. The molecule has 2 atom stereocenters. The van der Waals surface area contributed by atoms with Crippen molar-refractivity contribution in [1.29, 1.82) is 0 Å². The fraction of sp³-hybridized carbons (Fsp3) is 0.240. The highest BCUT2D eigenvalue weighted by molar-refractivity contribution is 6.31. The van der Waals surface area contributed by atoms with Crippen molar-refractivity contribution in [2.75, 3.05) is 10.6 Å². The number of piperidine rings is 1. The normalized spacial score (nSPS) is 18.5. The van der Waals surface area contributed by atoms with Crippen LogP contribution in [0.1, 0.15) is 36.9 Å². The SMILES string of the molecule is Cc1ccc(NC(=O)NC(C)c2cccc(NC3=CC(=O)N(C4CCC(=O)NC4=O)C3=O)c2)cc1Cl. The van der Waals surface area contributed by atoms with Gasteiger partial charge in [0.25, 0.3) is 11.8 Å². The molecule has 2 aliphatic heterocycles. The standard InChI is InChI=1S/C25H24ClN5O5/c1-13-6-7-17(11-18(13)26)29-25(36)27-14(2)15-4-3-5-16(10-15)28-19-12-22(33)31(24(19)35)20-8-9-21(32)30-23(20)34/h3-7,10-12,14,20,28H,8-9H2,1-2H3,(H2,27,29,36)(H,30,32,34). The number of nitrogens with one attached hydrogen (secondary N) is 4. The third kappa shape index (κ3) is 5.38. The molecule has 0 spiro atoms. The van der Waals surface area contributed by atoms with Crippen molar-refractivity contribution >= 4 is 52.6 Å². The predicted molar refractivity (Wildman–Crippen MR) is 133 cm³/mol. The summed E-state index contributed by atoms with van der Waals surface area (Å²) in [6.45, 7) is 3.67. The lowest BCUT2D eigenvalue weighted by molar-refractivity contribution is -0.149. The Morgan fingerprint density at radius 2 is 1.89 bits per heavy atom. The average Bonchev–Trinajstić information content (AvgIpc) is 3.09. The van der Waals surface area contributed by atoms with E-state index in [1.54, 1.807) is 37.3 Å². The molecule has 1 fully saturated rings. The highest BCUT2D eigenvalue weighted by atomic mass is 35.5. The topological polar surface area (TPSA) is 137 Å². The number of nitrogens with zero attached hydrogens (tertiary/aromatic N) is 1. The monoisotopic (exact) mass is 509 g/mol. The van der Waals surface area contributed by atoms with Crippen LogP contribution in [0.2, 0.25) is 5.02 Å². The molecule has 1 saturated heterocycles. The Hall–Kier alpha value is -4.18. The van der Waals surface area contributed by atoms with E-state index in [4.69, 9.17) is 11.6 Å². The van der Waals surface area contributed by atoms with Gasteiger partial charge >= 0.3 is 6.03 Å². The molecular formula is C25H24ClN5O5. The van der Waals surface area contributed by atoms with Crippen LogP contribution in [0.25, 0.3) is 0 Å². The number of hydrogen-bond donors (Lipinski definition) is 4. The molecule has 0 aromatic heterocycles. The van der Waals surface area contributed by atoms with Gasteiger partial charge < -0.3 is 16.0 Å². The van der Waals surface area contributed by atoms with Crippen LogP contribution in [-0.2, 0) is 19.2 Å². The number of anilines is 2. The molecule has 2 heterocycles. The molecule has 6 amide bonds. The second-order valence-corrected chi connectivity index (χ2v) is 8.98. The lowest BCUT2D eigenvalue weighted by Gasteiger charge is -2.28. The van der Waals surface area contributed by atoms with E-state index in [0.717, 1.165) is 22.1 Å². The summed E-state index contributed by atoms with van der Waals surface area (Å²) in [5.74, 6) is -2.38. The fourth-order valence-electron chi connectivity index (χ4n) is 3.96. The van der Waals surface area contributed by atoms with Crippen molar-refractivity contribution in [3.63, 3.8) is 0 Å². The molecule has 0 bridgehead atoms. The summed E-state index contributed by atoms with van der Waals surface area (Å²) in [6, 6.07) is 10.4. The molecule has 11 heteroatoms. The predicted octanol–water partition coefficient (Wildman–Crippen LogP) is 3.00. The van der Waals surface area contributed by atoms with Gasteiger partial charge in [-0.05, 0) is 55.7 Å². The quantitative estimate of drug-likeness (QED) is 0.442. The highest BCUT2D eigenvalue weighted by Gasteiger charge is 2.42. The largest absolute Gasteiger partial charge is 0.351 e. The maximum atomic E-state index is 12.9. The summed E-state index contributed by atoms with van der Waals surface area (Å²) in [7, 11) is 0. The van der Waals surface area contributed by atoms with E-state index in [1.165, 1.54) is 0 Å². The van der Waals surface area contributed by atoms with Crippen LogP contribution in [0.4, 0.5) is 16.2 Å². The highest BCUT2D eigenvalue weighted by Crippen LogP contribution is 2.25. The van der Waals surface area contributed by atoms with E-state index >= 15 is 0 Å². The molecule has 0 aliphatic carbocycles. The second kappa shape index (κ2) is 10.2. The van der Waals surface area contributed by atoms with Gasteiger partial charge in [0.15, 0.2) is 0 Å². The van der Waals surface area contributed by atoms with Crippen LogP contribution in [0.3, 0.4) is 0 Å². The Kier molecular flexibility index (Phi) is 7.07. The van der Waals surface area contributed by atoms with Gasteiger partial charge in [0.05, 0.1) is 6.04 Å². The first-order valence-electron chi connectivity index (χ1n) is 11.3. The summed E-state index contributed by atoms with van der Waals surface area (Å²) >= 11 is 6.11. The summed E-state index contributed by atoms with van der Waals surface area (Å²) in [5.41, 5.74) is 2.73. The molecule has 10 nitrogen and oxygen atoms in total. The summed E-state index contributed by atoms with van der Waals surface area (Å²) < 4.78 is 0. The number of aryl methyl sites for hydroxylation is 1. The third-order valence-corrected chi connectivity index (χ3v) is 6.33. The molecule has 4 rings (SSSR count). The number of benzene rings is 2. The van der Waals surface area contributed by atoms with Crippen LogP contribution >= 0.6 is 11.6 Å². The molecular weight excluding hydrogens is 486 g/mol. The first-order chi connectivity index (χ1) is 17.1. The zero-order valence-corrected chi connectivity index (χ0v) is 20.3. The second-order valence-electron chi connectivity index (χ2n) is 8.57. The molecule has 0 radical (unpaired) electrons. The van der Waals surface area contributed by atoms with E-state index in [0.29, 0.717) is 16.4 Å². The van der Waals surface area contributed by atoms with Crippen molar-refractivity contribution in [2.24, 2.45) is 0 Å². The Balaban J connectivity index is 1.39. The minimum absolute atomic E-state index is 0.0106. The minimum Gasteiger partial charge on any atom is -0.351 e. The summed E-state index contributed by atoms with van der Waals surface area (Å²) in [5, 5.41) is 11.2. The number of carbonyl (C=O) groups excluding carboxylic acids is 5. The van der Waals surface area contributed by atoms with Crippen LogP contribution < -0.4 is 21.3 Å². The maximum Gasteiger partial charge on any atom is 0.319 e. The Morgan fingerprint density at radius 3 is 2.61 bits per heavy atom. The van der Waals surface area contributed by atoms with Gasteiger partial charge in [-0.2, -0.15) is 0 Å². The van der Waals surface area contributed by atoms with Gasteiger partial charge in [-0.1, -0.05) is 29.8 Å². The van der Waals surface area contributed by atoms with Crippen LogP contribution in [0.15, 0.2) is 54.2 Å². The number of carbonyl (C=O) groups is 5. The van der Waals surface area contributed by atoms with Crippen LogP contribution in [-0.4, -0.2) is 40.6 Å². The number of amides is 6. The Bertz CT molecular complexity index is 1310. The number of imide groups is 2. The lowest BCUT2D eigenvalue weighted by atomic mass is 10.0. The van der Waals surface area contributed by atoms with Crippen LogP contribution in [0.5, 0.6) is 0 Å². The van der Waals surface area contributed by atoms with Gasteiger partial charge in [-0.15, -0.1) is 0 Å². The van der Waals surface area contributed by atoms with Crippen molar-refractivity contribution in [3.05, 3.63) is 70.4 Å². The zero-order chi connectivity index (χ0) is 26.0. The van der Waals surface area contributed by atoms with Crippen molar-refractivity contribution in [2.45, 2.75) is 38.8 Å². The van der Waals surface area contributed by atoms with Gasteiger partial charge in [0, 0.05) is 28.9 Å². The first kappa shape index (κ1) is 24.9. The van der Waals surface area contributed by atoms with E-state index in [2.05, 4.69) is 21.3 Å². The van der Waals surface area contributed by atoms with Crippen LogP contribution in [0, 0.1) is 6.92 Å². The van der Waals surface area contributed by atoms with E-state index in [9.17, 15) is 24.0 Å². The number of urea groups is 1. The Morgan fingerprint density at radius 1 is 1.11 bits per heavy atom. The van der Waals surface area contributed by atoms with Gasteiger partial charge in [-0.3, -0.25) is 29.4 Å². The van der Waals surface area contributed by atoms with E-state index in [-0.39, 0.29) is 24.6 Å². The molecule has 4 N–H and O–H groups in total. The molecule has 0 saturated carbocycles. The Labute approximate surface area is 212 Å². The van der Waals surface area contributed by atoms with Crippen molar-refractivity contribution in [1.82, 2.24) is 15.5 Å². The zero-order valence-electron chi connectivity index (χ0n) is 19.6. The smallest absolute Gasteiger partial charge is 0.319 e. The average molecular weight is 510 g/mol. The fourth-order valence-corrected chi connectivity index (χ4v) is 4.14. The van der Waals surface area contributed by atoms with Gasteiger partial charge in [0.1, 0.15) is 11.7 Å². The maximum absolute atomic E-state index is 12.9. The third-order valence-electron chi connectivity index (χ3n) is 5.92. The molecule has 2 unspecified atom stereocenters. The van der Waals surface area contributed by atoms with Crippen molar-refractivity contribution in [3.8, 4) is 0 Å². The molecule has 2 aromatic rings. The van der Waals surface area contributed by atoms with E-state index in [1.807, 2.05) is 19.1 Å². The van der Waals surface area contributed by atoms with Gasteiger partial charge in [-0.25, -0.2) is 4.79 Å². The van der Waals surface area contributed by atoms with Gasteiger partial charge in [0.2, 0.25) is 11.8 Å². The van der Waals surface area contributed by atoms with E-state index < -0.39 is 35.7 Å². The lowest BCUT2D eigenvalue weighted by Crippen LogP contribution is -2.54. The number of hydrogen-bond acceptors (Lipinski definition) is 6. The summed E-state index contributed by atoms with van der Waals surface area (Å²) in [6.07, 6.45) is 1.26. The molecule has 186 valence electrons. The number of halogens is 1. The number of rotatable bonds is 6. The minimum atomic E-state index is -1.03. The van der Waals surface area contributed by atoms with Crippen molar-refractivity contribution < 1.29 is 24.0 Å². The molecule has 2 aliphatic rings. The first-order valence-corrected chi connectivity index (χ1v) is 11.6. The molecule has 36 heavy (non-hydrogen) atoms.